The molecular formula is C15H26O2. The average Bonchev–Trinajstić information content (AvgIpc) is 3.11. The van der Waals surface area contributed by atoms with Crippen LogP contribution in [0.3, 0.4) is 0 Å². The van der Waals surface area contributed by atoms with E-state index in [0.29, 0.717) is 11.8 Å². The lowest BCUT2D eigenvalue weighted by atomic mass is 9.77. The number of ether oxygens (including phenoxy) is 1. The third-order valence-electron chi connectivity index (χ3n) is 5.43. The van der Waals surface area contributed by atoms with Gasteiger partial charge in [-0.2, -0.15) is 0 Å². The van der Waals surface area contributed by atoms with Gasteiger partial charge >= 0.3 is 0 Å². The van der Waals surface area contributed by atoms with Crippen LogP contribution < -0.4 is 0 Å². The molecule has 3 fully saturated rings. The first-order valence-electron chi connectivity index (χ1n) is 7.52. The molecule has 2 nitrogen and oxygen atoms in total. The first-order valence-corrected chi connectivity index (χ1v) is 7.52. The Labute approximate surface area is 105 Å². The zero-order chi connectivity index (χ0) is 11.9. The van der Waals surface area contributed by atoms with Gasteiger partial charge in [0, 0.05) is 6.61 Å². The minimum Gasteiger partial charge on any atom is -0.393 e. The maximum atomic E-state index is 10.5. The van der Waals surface area contributed by atoms with Crippen molar-refractivity contribution in [2.45, 2.75) is 70.0 Å². The van der Waals surface area contributed by atoms with Crippen molar-refractivity contribution in [1.29, 1.82) is 0 Å². The molecule has 0 bridgehead atoms. The van der Waals surface area contributed by atoms with Crippen LogP contribution in [0, 0.1) is 17.8 Å². The Kier molecular flexibility index (Phi) is 3.20. The molecule has 1 spiro atoms. The van der Waals surface area contributed by atoms with Crippen molar-refractivity contribution < 1.29 is 9.84 Å². The second kappa shape index (κ2) is 4.55. The van der Waals surface area contributed by atoms with Gasteiger partial charge in [0.15, 0.2) is 0 Å². The molecule has 0 aromatic rings. The predicted molar refractivity (Wildman–Crippen MR) is 67.8 cm³/mol. The standard InChI is InChI=1S/C15H26O2/c1-11(12-4-5-12)14(16)13-6-9-17-15(10-13)7-2-3-8-15/h11-14,16H,2-10H2,1H3. The summed E-state index contributed by atoms with van der Waals surface area (Å²) in [5, 5.41) is 10.5. The Bertz CT molecular complexity index is 266. The number of hydrogen-bond acceptors (Lipinski definition) is 2. The fourth-order valence-corrected chi connectivity index (χ4v) is 4.06. The summed E-state index contributed by atoms with van der Waals surface area (Å²) in [6.07, 6.45) is 9.89. The van der Waals surface area contributed by atoms with E-state index in [-0.39, 0.29) is 11.7 Å². The van der Waals surface area contributed by atoms with Crippen LogP contribution in [0.5, 0.6) is 0 Å². The van der Waals surface area contributed by atoms with Crippen LogP contribution in [-0.4, -0.2) is 23.4 Å². The van der Waals surface area contributed by atoms with Crippen LogP contribution in [0.2, 0.25) is 0 Å². The van der Waals surface area contributed by atoms with Crippen molar-refractivity contribution in [2.24, 2.45) is 17.8 Å². The molecule has 1 saturated heterocycles. The van der Waals surface area contributed by atoms with Crippen molar-refractivity contribution in [1.82, 2.24) is 0 Å². The minimum absolute atomic E-state index is 0.0797. The smallest absolute Gasteiger partial charge is 0.0686 e. The molecule has 98 valence electrons. The van der Waals surface area contributed by atoms with Crippen molar-refractivity contribution in [2.75, 3.05) is 6.61 Å². The average molecular weight is 238 g/mol. The number of hydrogen-bond donors (Lipinski definition) is 1. The van der Waals surface area contributed by atoms with E-state index >= 15 is 0 Å². The van der Waals surface area contributed by atoms with Gasteiger partial charge in [-0.15, -0.1) is 0 Å². The Balaban J connectivity index is 1.62. The number of aliphatic hydroxyl groups excluding tert-OH is 1. The third-order valence-corrected chi connectivity index (χ3v) is 5.43. The van der Waals surface area contributed by atoms with E-state index in [2.05, 4.69) is 6.92 Å². The van der Waals surface area contributed by atoms with Crippen LogP contribution in [0.4, 0.5) is 0 Å². The highest BCUT2D eigenvalue weighted by molar-refractivity contribution is 4.95. The van der Waals surface area contributed by atoms with Gasteiger partial charge < -0.3 is 9.84 Å². The van der Waals surface area contributed by atoms with Crippen LogP contribution in [0.1, 0.15) is 58.3 Å². The summed E-state index contributed by atoms with van der Waals surface area (Å²) in [5.41, 5.74) is 0.160. The van der Waals surface area contributed by atoms with Gasteiger partial charge in [0.2, 0.25) is 0 Å². The van der Waals surface area contributed by atoms with E-state index in [0.717, 1.165) is 25.4 Å². The molecular weight excluding hydrogens is 212 g/mol. The molecule has 0 radical (unpaired) electrons. The second-order valence-corrected chi connectivity index (χ2v) is 6.68. The normalized spacial score (nSPS) is 36.0. The maximum absolute atomic E-state index is 10.5. The SMILES string of the molecule is CC(C1CC1)C(O)C1CCOC2(CCCC2)C1. The van der Waals surface area contributed by atoms with Crippen LogP contribution in [0.25, 0.3) is 0 Å². The van der Waals surface area contributed by atoms with E-state index in [1.807, 2.05) is 0 Å². The molecule has 0 aromatic carbocycles. The highest BCUT2D eigenvalue weighted by Crippen LogP contribution is 2.46. The lowest BCUT2D eigenvalue weighted by Crippen LogP contribution is -2.43. The molecule has 3 unspecified atom stereocenters. The van der Waals surface area contributed by atoms with Crippen LogP contribution in [-0.2, 0) is 4.74 Å². The molecule has 3 atom stereocenters. The Morgan fingerprint density at radius 2 is 1.82 bits per heavy atom. The zero-order valence-corrected chi connectivity index (χ0v) is 11.0. The summed E-state index contributed by atoms with van der Waals surface area (Å²) in [6, 6.07) is 0. The minimum atomic E-state index is -0.0797. The van der Waals surface area contributed by atoms with Gasteiger partial charge in [0.05, 0.1) is 11.7 Å². The molecule has 17 heavy (non-hydrogen) atoms. The summed E-state index contributed by atoms with van der Waals surface area (Å²) < 4.78 is 6.05. The molecule has 3 aliphatic rings. The number of aliphatic hydroxyl groups is 1. The lowest BCUT2D eigenvalue weighted by molar-refractivity contribution is -0.120. The summed E-state index contributed by atoms with van der Waals surface area (Å²) >= 11 is 0. The summed E-state index contributed by atoms with van der Waals surface area (Å²) in [4.78, 5) is 0. The van der Waals surface area contributed by atoms with E-state index in [4.69, 9.17) is 4.74 Å². The summed E-state index contributed by atoms with van der Waals surface area (Å²) in [7, 11) is 0. The van der Waals surface area contributed by atoms with Gasteiger partial charge in [-0.05, 0) is 56.3 Å². The molecule has 2 aliphatic carbocycles. The zero-order valence-electron chi connectivity index (χ0n) is 11.0. The van der Waals surface area contributed by atoms with Crippen molar-refractivity contribution >= 4 is 0 Å². The molecule has 0 aromatic heterocycles. The highest BCUT2D eigenvalue weighted by Gasteiger charge is 2.44. The van der Waals surface area contributed by atoms with Gasteiger partial charge in [-0.25, -0.2) is 0 Å². The second-order valence-electron chi connectivity index (χ2n) is 6.68. The largest absolute Gasteiger partial charge is 0.393 e. The first kappa shape index (κ1) is 12.0. The first-order chi connectivity index (χ1) is 8.20. The summed E-state index contributed by atoms with van der Waals surface area (Å²) in [5.74, 6) is 1.82. The van der Waals surface area contributed by atoms with Crippen molar-refractivity contribution in [3.05, 3.63) is 0 Å². The topological polar surface area (TPSA) is 29.5 Å². The monoisotopic (exact) mass is 238 g/mol. The third kappa shape index (κ3) is 2.39. The molecule has 0 amide bonds. The summed E-state index contributed by atoms with van der Waals surface area (Å²) in [6.45, 7) is 3.12. The number of rotatable bonds is 3. The maximum Gasteiger partial charge on any atom is 0.0686 e. The lowest BCUT2D eigenvalue weighted by Gasteiger charge is -2.41. The fourth-order valence-electron chi connectivity index (χ4n) is 4.06. The van der Waals surface area contributed by atoms with Gasteiger partial charge in [0.1, 0.15) is 0 Å². The van der Waals surface area contributed by atoms with Crippen LogP contribution >= 0.6 is 0 Å². The van der Waals surface area contributed by atoms with Gasteiger partial charge in [-0.3, -0.25) is 0 Å². The molecule has 1 heterocycles. The molecule has 2 heteroatoms. The van der Waals surface area contributed by atoms with Gasteiger partial charge in [0.25, 0.3) is 0 Å². The van der Waals surface area contributed by atoms with Crippen molar-refractivity contribution in [3.8, 4) is 0 Å². The van der Waals surface area contributed by atoms with E-state index in [1.165, 1.54) is 38.5 Å². The van der Waals surface area contributed by atoms with Crippen molar-refractivity contribution in [3.63, 3.8) is 0 Å². The Hall–Kier alpha value is -0.0800. The molecule has 1 N–H and O–H groups in total. The Morgan fingerprint density at radius 3 is 2.47 bits per heavy atom. The highest BCUT2D eigenvalue weighted by atomic mass is 16.5. The molecule has 2 saturated carbocycles. The molecule has 1 aliphatic heterocycles. The van der Waals surface area contributed by atoms with E-state index < -0.39 is 0 Å². The molecule has 3 rings (SSSR count). The van der Waals surface area contributed by atoms with Crippen LogP contribution in [0.15, 0.2) is 0 Å². The van der Waals surface area contributed by atoms with E-state index in [1.54, 1.807) is 0 Å². The van der Waals surface area contributed by atoms with E-state index in [9.17, 15) is 5.11 Å². The quantitative estimate of drug-likeness (QED) is 0.818. The predicted octanol–water partition coefficient (Wildman–Crippen LogP) is 3.13. The fraction of sp³-hybridized carbons (Fsp3) is 1.00. The Morgan fingerprint density at radius 1 is 1.12 bits per heavy atom. The van der Waals surface area contributed by atoms with Gasteiger partial charge in [-0.1, -0.05) is 19.8 Å².